The van der Waals surface area contributed by atoms with Crippen molar-refractivity contribution in [1.29, 1.82) is 0 Å². The first kappa shape index (κ1) is 29.6. The van der Waals surface area contributed by atoms with Gasteiger partial charge in [-0.25, -0.2) is 0 Å². The van der Waals surface area contributed by atoms with Crippen LogP contribution in [0.4, 0.5) is 0 Å². The summed E-state index contributed by atoms with van der Waals surface area (Å²) >= 11 is 0. The average molecular weight is 635 g/mol. The van der Waals surface area contributed by atoms with E-state index in [4.69, 9.17) is 0 Å². The van der Waals surface area contributed by atoms with Gasteiger partial charge in [-0.15, -0.1) is 0 Å². The third-order valence-corrected chi connectivity index (χ3v) is 9.87. The number of fused-ring (bicyclic) bond motifs is 2. The summed E-state index contributed by atoms with van der Waals surface area (Å²) in [6, 6.07) is 75.0. The van der Waals surface area contributed by atoms with Gasteiger partial charge in [0.15, 0.2) is 0 Å². The molecular weight excluding hydrogens is 601 g/mol. The largest absolute Gasteiger partial charge is 0.0622 e. The second kappa shape index (κ2) is 12.8. The summed E-state index contributed by atoms with van der Waals surface area (Å²) in [5.41, 5.74) is 14.6. The molecule has 0 nitrogen and oxygen atoms in total. The Balaban J connectivity index is 1.65. The molecule has 0 heteroatoms. The van der Waals surface area contributed by atoms with E-state index in [0.29, 0.717) is 0 Å². The molecule has 0 radical (unpaired) electrons. The van der Waals surface area contributed by atoms with Crippen LogP contribution in [-0.2, 0) is 0 Å². The maximum atomic E-state index is 2.34. The fourth-order valence-electron chi connectivity index (χ4n) is 7.71. The number of hydrogen-bond donors (Lipinski definition) is 0. The van der Waals surface area contributed by atoms with Gasteiger partial charge in [0, 0.05) is 0 Å². The number of hydrogen-bond acceptors (Lipinski definition) is 0. The lowest BCUT2D eigenvalue weighted by atomic mass is 9.77. The van der Waals surface area contributed by atoms with Gasteiger partial charge in [-0.3, -0.25) is 0 Å². The van der Waals surface area contributed by atoms with Crippen molar-refractivity contribution in [3.05, 3.63) is 206 Å². The lowest BCUT2D eigenvalue weighted by Crippen LogP contribution is -1.98. The van der Waals surface area contributed by atoms with Crippen LogP contribution in [0.15, 0.2) is 206 Å². The van der Waals surface area contributed by atoms with Crippen molar-refractivity contribution in [3.8, 4) is 66.8 Å². The van der Waals surface area contributed by atoms with E-state index in [2.05, 4.69) is 206 Å². The molecule has 0 aliphatic rings. The first-order valence-electron chi connectivity index (χ1n) is 17.3. The molecule has 0 saturated heterocycles. The molecule has 0 amide bonds. The van der Waals surface area contributed by atoms with Gasteiger partial charge in [0.25, 0.3) is 0 Å². The molecule has 0 N–H and O–H groups in total. The Labute approximate surface area is 293 Å². The molecular formula is C50H34. The minimum atomic E-state index is 1.20. The quantitative estimate of drug-likeness (QED) is 0.160. The minimum absolute atomic E-state index is 1.20. The standard InChI is InChI=1S/C50H34/c1-7-19-35(20-8-1)41-31-32-42(36-21-9-2-10-22-36)48-46(40-29-17-6-18-30-40)50-44(38-25-13-4-14-26-38)34-33-43(37-23-11-3-12-24-37)49(50)45(47(41)48)39-27-15-5-16-28-39/h1-34H. The zero-order valence-corrected chi connectivity index (χ0v) is 27.6. The Morgan fingerprint density at radius 2 is 0.340 bits per heavy atom. The summed E-state index contributed by atoms with van der Waals surface area (Å²) in [5.74, 6) is 0. The molecule has 0 saturated carbocycles. The van der Waals surface area contributed by atoms with Gasteiger partial charge >= 0.3 is 0 Å². The first-order valence-corrected chi connectivity index (χ1v) is 17.3. The third kappa shape index (κ3) is 5.10. The lowest BCUT2D eigenvalue weighted by Gasteiger charge is -2.26. The molecule has 9 aromatic carbocycles. The Bertz CT molecular complexity index is 2240. The smallest absolute Gasteiger partial charge is 0.000763 e. The topological polar surface area (TPSA) is 0 Å². The molecule has 0 bridgehead atoms. The van der Waals surface area contributed by atoms with E-state index in [9.17, 15) is 0 Å². The zero-order valence-electron chi connectivity index (χ0n) is 27.6. The van der Waals surface area contributed by atoms with Crippen LogP contribution in [0.5, 0.6) is 0 Å². The summed E-state index contributed by atoms with van der Waals surface area (Å²) in [4.78, 5) is 0. The molecule has 0 unspecified atom stereocenters. The molecule has 234 valence electrons. The SMILES string of the molecule is c1ccc(-c2ccc(-c3ccccc3)c3c(-c4ccccc4)c4c(-c5ccccc5)ccc(-c5ccccc5)c4c(-c4ccccc4)c23)cc1. The Hall–Kier alpha value is -6.50. The van der Waals surface area contributed by atoms with Crippen molar-refractivity contribution in [2.24, 2.45) is 0 Å². The van der Waals surface area contributed by atoms with Crippen LogP contribution in [-0.4, -0.2) is 0 Å². The minimum Gasteiger partial charge on any atom is -0.0622 e. The predicted molar refractivity (Wildman–Crippen MR) is 214 cm³/mol. The summed E-state index contributed by atoms with van der Waals surface area (Å²) in [7, 11) is 0. The summed E-state index contributed by atoms with van der Waals surface area (Å²) in [6.07, 6.45) is 0. The molecule has 0 heterocycles. The van der Waals surface area contributed by atoms with Gasteiger partial charge in [0.05, 0.1) is 0 Å². The average Bonchev–Trinajstić information content (AvgIpc) is 3.21. The van der Waals surface area contributed by atoms with Crippen LogP contribution in [0.3, 0.4) is 0 Å². The monoisotopic (exact) mass is 634 g/mol. The van der Waals surface area contributed by atoms with E-state index in [1.807, 2.05) is 0 Å². The second-order valence-electron chi connectivity index (χ2n) is 12.8. The summed E-state index contributed by atoms with van der Waals surface area (Å²) in [6.45, 7) is 0. The van der Waals surface area contributed by atoms with Crippen molar-refractivity contribution in [3.63, 3.8) is 0 Å². The first-order chi connectivity index (χ1) is 24.9. The Morgan fingerprint density at radius 1 is 0.160 bits per heavy atom. The van der Waals surface area contributed by atoms with Crippen molar-refractivity contribution in [2.45, 2.75) is 0 Å². The molecule has 0 aliphatic heterocycles. The summed E-state index contributed by atoms with van der Waals surface area (Å²) in [5, 5.41) is 5.05. The zero-order chi connectivity index (χ0) is 33.3. The highest BCUT2D eigenvalue weighted by Gasteiger charge is 2.26. The van der Waals surface area contributed by atoms with Crippen LogP contribution in [0, 0.1) is 0 Å². The maximum Gasteiger partial charge on any atom is -0.000763 e. The van der Waals surface area contributed by atoms with E-state index in [1.54, 1.807) is 0 Å². The third-order valence-electron chi connectivity index (χ3n) is 9.87. The van der Waals surface area contributed by atoms with Gasteiger partial charge in [-0.05, 0) is 88.3 Å². The van der Waals surface area contributed by atoms with Crippen molar-refractivity contribution in [1.82, 2.24) is 0 Å². The van der Waals surface area contributed by atoms with Gasteiger partial charge < -0.3 is 0 Å². The van der Waals surface area contributed by atoms with Crippen LogP contribution in [0.1, 0.15) is 0 Å². The lowest BCUT2D eigenvalue weighted by molar-refractivity contribution is 1.59. The van der Waals surface area contributed by atoms with Gasteiger partial charge in [-0.2, -0.15) is 0 Å². The fraction of sp³-hybridized carbons (Fsp3) is 0. The van der Waals surface area contributed by atoms with E-state index in [1.165, 1.54) is 88.3 Å². The van der Waals surface area contributed by atoms with Crippen LogP contribution in [0.2, 0.25) is 0 Å². The fourth-order valence-corrected chi connectivity index (χ4v) is 7.71. The van der Waals surface area contributed by atoms with Crippen LogP contribution >= 0.6 is 0 Å². The van der Waals surface area contributed by atoms with Crippen molar-refractivity contribution in [2.75, 3.05) is 0 Å². The summed E-state index contributed by atoms with van der Waals surface area (Å²) < 4.78 is 0. The van der Waals surface area contributed by atoms with Crippen LogP contribution < -0.4 is 0 Å². The van der Waals surface area contributed by atoms with Gasteiger partial charge in [-0.1, -0.05) is 206 Å². The number of benzene rings is 9. The molecule has 0 fully saturated rings. The molecule has 0 aliphatic carbocycles. The normalized spacial score (nSPS) is 11.2. The number of rotatable bonds is 6. The molecule has 0 atom stereocenters. The predicted octanol–water partition coefficient (Wildman–Crippen LogP) is 14.0. The van der Waals surface area contributed by atoms with Crippen molar-refractivity contribution >= 4 is 21.5 Å². The molecule has 0 aromatic heterocycles. The van der Waals surface area contributed by atoms with Gasteiger partial charge in [0.2, 0.25) is 0 Å². The highest BCUT2D eigenvalue weighted by Crippen LogP contribution is 2.54. The maximum absolute atomic E-state index is 2.34. The second-order valence-corrected chi connectivity index (χ2v) is 12.8. The molecule has 0 spiro atoms. The van der Waals surface area contributed by atoms with E-state index in [-0.39, 0.29) is 0 Å². The molecule has 50 heavy (non-hydrogen) atoms. The molecule has 9 aromatic rings. The van der Waals surface area contributed by atoms with Gasteiger partial charge in [0.1, 0.15) is 0 Å². The molecule has 9 rings (SSSR count). The van der Waals surface area contributed by atoms with E-state index >= 15 is 0 Å². The highest BCUT2D eigenvalue weighted by atomic mass is 14.3. The van der Waals surface area contributed by atoms with Crippen molar-refractivity contribution < 1.29 is 0 Å². The highest BCUT2D eigenvalue weighted by molar-refractivity contribution is 6.32. The van der Waals surface area contributed by atoms with E-state index < -0.39 is 0 Å². The Kier molecular flexibility index (Phi) is 7.61. The Morgan fingerprint density at radius 3 is 0.540 bits per heavy atom. The van der Waals surface area contributed by atoms with E-state index in [0.717, 1.165) is 0 Å². The van der Waals surface area contributed by atoms with Crippen LogP contribution in [0.25, 0.3) is 88.3 Å².